The highest BCUT2D eigenvalue weighted by atomic mass is 32.2. The number of anilines is 2. The minimum atomic E-state index is -4.06. The molecule has 6 nitrogen and oxygen atoms in total. The van der Waals surface area contributed by atoms with E-state index in [1.54, 1.807) is 29.2 Å². The van der Waals surface area contributed by atoms with Gasteiger partial charge in [-0.1, -0.05) is 6.07 Å². The molecule has 0 saturated carbocycles. The molecule has 0 bridgehead atoms. The van der Waals surface area contributed by atoms with Crippen molar-refractivity contribution in [2.24, 2.45) is 0 Å². The van der Waals surface area contributed by atoms with Crippen LogP contribution in [-0.4, -0.2) is 39.4 Å². The van der Waals surface area contributed by atoms with Crippen LogP contribution in [0.5, 0.6) is 5.75 Å². The molecule has 2 aromatic carbocycles. The Hall–Kier alpha value is -2.87. The molecule has 0 spiro atoms. The molecule has 146 valence electrons. The van der Waals surface area contributed by atoms with E-state index in [9.17, 15) is 17.6 Å². The monoisotopic (exact) mass is 402 g/mol. The number of fused-ring (bicyclic) bond motifs is 1. The first kappa shape index (κ1) is 18.5. The van der Waals surface area contributed by atoms with Gasteiger partial charge >= 0.3 is 0 Å². The molecule has 0 aliphatic carbocycles. The number of hydrogen-bond donors (Lipinski definition) is 0. The summed E-state index contributed by atoms with van der Waals surface area (Å²) in [5.74, 6) is -0.533. The fourth-order valence-corrected chi connectivity index (χ4v) is 5.02. The zero-order valence-corrected chi connectivity index (χ0v) is 16.1. The molecule has 1 saturated heterocycles. The van der Waals surface area contributed by atoms with E-state index in [0.717, 1.165) is 25.0 Å². The Morgan fingerprint density at radius 2 is 1.86 bits per heavy atom. The molecule has 2 aromatic rings. The molecule has 2 aliphatic heterocycles. The minimum absolute atomic E-state index is 0.0956. The fourth-order valence-electron chi connectivity index (χ4n) is 3.50. The summed E-state index contributed by atoms with van der Waals surface area (Å²) in [6.07, 6.45) is 2.98. The van der Waals surface area contributed by atoms with Gasteiger partial charge in [-0.15, -0.1) is 0 Å². The third-order valence-electron chi connectivity index (χ3n) is 4.94. The summed E-state index contributed by atoms with van der Waals surface area (Å²) in [5.41, 5.74) is 0.721. The molecule has 0 aromatic heterocycles. The molecular formula is C20H19FN2O4S. The number of nitrogens with zero attached hydrogens (tertiary/aromatic N) is 2. The third-order valence-corrected chi connectivity index (χ3v) is 6.72. The standard InChI is InChI=1S/C20H19FN2O4S/c1-27-16-6-4-5-15(12-16)23-13-19(20(24)22-9-2-3-10-22)28(25,26)18-8-7-14(21)11-17(18)23/h4-8,11-13H,2-3,9-10H2,1H3. The maximum absolute atomic E-state index is 13.9. The van der Waals surface area contributed by atoms with Crippen LogP contribution in [0.3, 0.4) is 0 Å². The zero-order chi connectivity index (χ0) is 19.9. The van der Waals surface area contributed by atoms with Crippen molar-refractivity contribution < 1.29 is 22.3 Å². The molecule has 28 heavy (non-hydrogen) atoms. The highest BCUT2D eigenvalue weighted by Gasteiger charge is 2.38. The zero-order valence-electron chi connectivity index (χ0n) is 15.3. The smallest absolute Gasteiger partial charge is 0.267 e. The second-order valence-electron chi connectivity index (χ2n) is 6.68. The molecule has 8 heteroatoms. The Labute approximate surface area is 162 Å². The Kier molecular flexibility index (Phi) is 4.58. The van der Waals surface area contributed by atoms with E-state index in [2.05, 4.69) is 0 Å². The molecule has 4 rings (SSSR count). The van der Waals surface area contributed by atoms with Crippen molar-refractivity contribution in [1.29, 1.82) is 0 Å². The number of sulfone groups is 1. The first-order chi connectivity index (χ1) is 13.4. The van der Waals surface area contributed by atoms with E-state index in [-0.39, 0.29) is 15.5 Å². The molecule has 1 fully saturated rings. The van der Waals surface area contributed by atoms with Crippen LogP contribution in [0, 0.1) is 5.82 Å². The van der Waals surface area contributed by atoms with Crippen molar-refractivity contribution >= 4 is 27.1 Å². The number of rotatable bonds is 3. The number of methoxy groups -OCH3 is 1. The first-order valence-electron chi connectivity index (χ1n) is 8.91. The van der Waals surface area contributed by atoms with Gasteiger partial charge in [-0.3, -0.25) is 4.79 Å². The Bertz CT molecular complexity index is 1080. The molecule has 1 amide bonds. The van der Waals surface area contributed by atoms with Gasteiger partial charge in [-0.2, -0.15) is 0 Å². The SMILES string of the molecule is COc1cccc(N2C=C(C(=O)N3CCCC3)S(=O)(=O)c3ccc(F)cc32)c1. The Morgan fingerprint density at radius 1 is 1.11 bits per heavy atom. The molecule has 0 atom stereocenters. The number of halogens is 1. The molecule has 0 N–H and O–H groups in total. The highest BCUT2D eigenvalue weighted by molar-refractivity contribution is 7.96. The van der Waals surface area contributed by atoms with Gasteiger partial charge in [0.25, 0.3) is 5.91 Å². The van der Waals surface area contributed by atoms with E-state index in [1.165, 1.54) is 24.3 Å². The quantitative estimate of drug-likeness (QED) is 0.738. The first-order valence-corrected chi connectivity index (χ1v) is 10.4. The van der Waals surface area contributed by atoms with Crippen LogP contribution in [-0.2, 0) is 14.6 Å². The topological polar surface area (TPSA) is 66.9 Å². The number of ether oxygens (including phenoxy) is 1. The van der Waals surface area contributed by atoms with Gasteiger partial charge in [0.05, 0.1) is 17.7 Å². The van der Waals surface area contributed by atoms with Gasteiger partial charge in [0.15, 0.2) is 4.91 Å². The molecule has 0 unspecified atom stereocenters. The highest BCUT2D eigenvalue weighted by Crippen LogP contribution is 2.41. The normalized spacial score (nSPS) is 17.9. The summed E-state index contributed by atoms with van der Waals surface area (Å²) in [6, 6.07) is 10.4. The third kappa shape index (κ3) is 3.03. The maximum atomic E-state index is 13.9. The van der Waals surface area contributed by atoms with Crippen LogP contribution in [0.15, 0.2) is 58.5 Å². The van der Waals surface area contributed by atoms with E-state index < -0.39 is 21.6 Å². The van der Waals surface area contributed by atoms with Crippen LogP contribution >= 0.6 is 0 Å². The van der Waals surface area contributed by atoms with Crippen molar-refractivity contribution in [3.05, 3.63) is 59.4 Å². The summed E-state index contributed by atoms with van der Waals surface area (Å²) >= 11 is 0. The lowest BCUT2D eigenvalue weighted by Gasteiger charge is -2.30. The summed E-state index contributed by atoms with van der Waals surface area (Å²) in [4.78, 5) is 15.6. The van der Waals surface area contributed by atoms with Crippen molar-refractivity contribution in [2.75, 3.05) is 25.1 Å². The average molecular weight is 402 g/mol. The van der Waals surface area contributed by atoms with Gasteiger partial charge in [0.2, 0.25) is 9.84 Å². The number of carbonyl (C=O) groups is 1. The lowest BCUT2D eigenvalue weighted by Crippen LogP contribution is -2.35. The number of amides is 1. The van der Waals surface area contributed by atoms with Crippen molar-refractivity contribution in [1.82, 2.24) is 4.90 Å². The predicted molar refractivity (Wildman–Crippen MR) is 103 cm³/mol. The Balaban J connectivity index is 1.90. The van der Waals surface area contributed by atoms with Crippen LogP contribution in [0.2, 0.25) is 0 Å². The minimum Gasteiger partial charge on any atom is -0.497 e. The Morgan fingerprint density at radius 3 is 2.57 bits per heavy atom. The number of likely N-dealkylation sites (tertiary alicyclic amines) is 1. The number of benzene rings is 2. The van der Waals surface area contributed by atoms with Gasteiger partial charge in [0.1, 0.15) is 11.6 Å². The van der Waals surface area contributed by atoms with Crippen molar-refractivity contribution in [3.63, 3.8) is 0 Å². The van der Waals surface area contributed by atoms with Crippen LogP contribution in [0.4, 0.5) is 15.8 Å². The van der Waals surface area contributed by atoms with Gasteiger partial charge in [-0.25, -0.2) is 12.8 Å². The maximum Gasteiger partial charge on any atom is 0.267 e. The lowest BCUT2D eigenvalue weighted by molar-refractivity contribution is -0.125. The summed E-state index contributed by atoms with van der Waals surface area (Å²) in [5, 5.41) is 0. The van der Waals surface area contributed by atoms with Crippen molar-refractivity contribution in [3.8, 4) is 5.75 Å². The van der Waals surface area contributed by atoms with Gasteiger partial charge in [-0.05, 0) is 43.2 Å². The molecule has 2 aliphatic rings. The van der Waals surface area contributed by atoms with Crippen LogP contribution in [0.25, 0.3) is 0 Å². The van der Waals surface area contributed by atoms with Gasteiger partial charge < -0.3 is 14.5 Å². The van der Waals surface area contributed by atoms with Gasteiger partial charge in [0, 0.05) is 31.0 Å². The summed E-state index contributed by atoms with van der Waals surface area (Å²) < 4.78 is 45.4. The molecular weight excluding hydrogens is 383 g/mol. The van der Waals surface area contributed by atoms with E-state index in [0.29, 0.717) is 24.5 Å². The van der Waals surface area contributed by atoms with E-state index in [1.807, 2.05) is 0 Å². The van der Waals surface area contributed by atoms with E-state index in [4.69, 9.17) is 4.74 Å². The van der Waals surface area contributed by atoms with Crippen LogP contribution in [0.1, 0.15) is 12.8 Å². The summed E-state index contributed by atoms with van der Waals surface area (Å²) in [6.45, 7) is 1.06. The second-order valence-corrected chi connectivity index (χ2v) is 8.57. The largest absolute Gasteiger partial charge is 0.497 e. The lowest BCUT2D eigenvalue weighted by atomic mass is 10.2. The van der Waals surface area contributed by atoms with Crippen molar-refractivity contribution in [2.45, 2.75) is 17.7 Å². The fraction of sp³-hybridized carbons (Fsp3) is 0.250. The number of carbonyl (C=O) groups excluding carboxylic acids is 1. The second kappa shape index (κ2) is 6.94. The number of hydrogen-bond acceptors (Lipinski definition) is 5. The molecule has 0 radical (unpaired) electrons. The summed E-state index contributed by atoms with van der Waals surface area (Å²) in [7, 11) is -2.54. The molecule has 2 heterocycles. The predicted octanol–water partition coefficient (Wildman–Crippen LogP) is 3.22. The van der Waals surface area contributed by atoms with E-state index >= 15 is 0 Å². The average Bonchev–Trinajstić information content (AvgIpc) is 3.22. The van der Waals surface area contributed by atoms with Crippen LogP contribution < -0.4 is 9.64 Å².